The van der Waals surface area contributed by atoms with E-state index in [9.17, 15) is 18.0 Å². The molecule has 1 aliphatic rings. The first-order valence-electron chi connectivity index (χ1n) is 10.4. The van der Waals surface area contributed by atoms with Crippen LogP contribution in [0.1, 0.15) is 57.9 Å². The van der Waals surface area contributed by atoms with Crippen LogP contribution in [0, 0.1) is 0 Å². The van der Waals surface area contributed by atoms with Crippen molar-refractivity contribution in [2.45, 2.75) is 70.6 Å². The Morgan fingerprint density at radius 2 is 1.86 bits per heavy atom. The molecule has 1 aliphatic carbocycles. The third kappa shape index (κ3) is 5.10. The zero-order valence-electron chi connectivity index (χ0n) is 17.0. The van der Waals surface area contributed by atoms with Crippen LogP contribution in [-0.2, 0) is 6.18 Å². The summed E-state index contributed by atoms with van der Waals surface area (Å²) in [7, 11) is 0. The molecule has 2 atom stereocenters. The molecule has 2 aromatic rings. The van der Waals surface area contributed by atoms with Crippen LogP contribution in [0.5, 0.6) is 0 Å². The molecule has 0 amide bonds. The molecule has 0 radical (unpaired) electrons. The number of anilines is 1. The molecule has 1 saturated carbocycles. The van der Waals surface area contributed by atoms with Crippen LogP contribution in [0.2, 0.25) is 0 Å². The van der Waals surface area contributed by atoms with E-state index in [1.165, 1.54) is 6.07 Å². The number of hydrogen-bond acceptors (Lipinski definition) is 4. The zero-order chi connectivity index (χ0) is 21.0. The minimum atomic E-state index is -4.47. The van der Waals surface area contributed by atoms with Crippen LogP contribution in [-0.4, -0.2) is 40.0 Å². The Balaban J connectivity index is 1.89. The first-order valence-corrected chi connectivity index (χ1v) is 10.4. The van der Waals surface area contributed by atoms with Crippen LogP contribution in [0.4, 0.5) is 19.1 Å². The molecule has 160 valence electrons. The monoisotopic (exact) mass is 410 g/mol. The van der Waals surface area contributed by atoms with Gasteiger partial charge in [0, 0.05) is 12.1 Å². The number of H-pyrrole nitrogens is 1. The molecule has 29 heavy (non-hydrogen) atoms. The largest absolute Gasteiger partial charge is 0.416 e. The lowest BCUT2D eigenvalue weighted by molar-refractivity contribution is -0.137. The van der Waals surface area contributed by atoms with Gasteiger partial charge in [-0.05, 0) is 57.0 Å². The van der Waals surface area contributed by atoms with Gasteiger partial charge in [0.1, 0.15) is 0 Å². The highest BCUT2D eigenvalue weighted by molar-refractivity contribution is 5.79. The zero-order valence-corrected chi connectivity index (χ0v) is 17.0. The molecule has 5 nitrogen and oxygen atoms in total. The van der Waals surface area contributed by atoms with Gasteiger partial charge in [-0.1, -0.05) is 26.7 Å². The van der Waals surface area contributed by atoms with Crippen molar-refractivity contribution in [2.75, 3.05) is 18.4 Å². The van der Waals surface area contributed by atoms with E-state index in [2.05, 4.69) is 34.0 Å². The topological polar surface area (TPSA) is 61.0 Å². The maximum Gasteiger partial charge on any atom is 0.416 e. The number of benzene rings is 1. The molecular formula is C21H29F3N4O. The van der Waals surface area contributed by atoms with Crippen molar-refractivity contribution in [3.63, 3.8) is 0 Å². The second-order valence-electron chi connectivity index (χ2n) is 7.78. The molecule has 8 heteroatoms. The number of hydrogen-bond donors (Lipinski definition) is 2. The Labute approximate surface area is 168 Å². The quantitative estimate of drug-likeness (QED) is 0.689. The third-order valence-electron chi connectivity index (χ3n) is 5.58. The van der Waals surface area contributed by atoms with Crippen molar-refractivity contribution in [3.8, 4) is 0 Å². The van der Waals surface area contributed by atoms with Gasteiger partial charge >= 0.3 is 6.18 Å². The predicted octanol–water partition coefficient (Wildman–Crippen LogP) is 4.79. The Morgan fingerprint density at radius 1 is 1.17 bits per heavy atom. The van der Waals surface area contributed by atoms with Crippen molar-refractivity contribution in [3.05, 3.63) is 34.1 Å². The highest BCUT2D eigenvalue weighted by atomic mass is 19.4. The van der Waals surface area contributed by atoms with E-state index < -0.39 is 17.3 Å². The predicted molar refractivity (Wildman–Crippen MR) is 109 cm³/mol. The van der Waals surface area contributed by atoms with Crippen LogP contribution >= 0.6 is 0 Å². The van der Waals surface area contributed by atoms with Gasteiger partial charge in [0.25, 0.3) is 5.56 Å². The summed E-state index contributed by atoms with van der Waals surface area (Å²) < 4.78 is 39.1. The van der Waals surface area contributed by atoms with Crippen molar-refractivity contribution < 1.29 is 13.2 Å². The molecular weight excluding hydrogens is 381 g/mol. The van der Waals surface area contributed by atoms with Gasteiger partial charge in [0.05, 0.1) is 16.5 Å². The molecule has 0 bridgehead atoms. The van der Waals surface area contributed by atoms with Gasteiger partial charge in [-0.25, -0.2) is 4.98 Å². The number of nitrogens with zero attached hydrogens (tertiary/aromatic N) is 2. The summed E-state index contributed by atoms with van der Waals surface area (Å²) in [5.74, 6) is 0.242. The third-order valence-corrected chi connectivity index (χ3v) is 5.58. The number of rotatable bonds is 7. The van der Waals surface area contributed by atoms with Gasteiger partial charge in [0.2, 0.25) is 5.95 Å². The lowest BCUT2D eigenvalue weighted by atomic mass is 9.89. The number of nitrogens with one attached hydrogen (secondary N) is 2. The highest BCUT2D eigenvalue weighted by Crippen LogP contribution is 2.31. The van der Waals surface area contributed by atoms with E-state index >= 15 is 0 Å². The molecule has 1 fully saturated rings. The Bertz CT molecular complexity index is 874. The second kappa shape index (κ2) is 9.15. The fourth-order valence-corrected chi connectivity index (χ4v) is 4.29. The van der Waals surface area contributed by atoms with Crippen LogP contribution in [0.3, 0.4) is 0 Å². The van der Waals surface area contributed by atoms with Crippen LogP contribution < -0.4 is 10.9 Å². The molecule has 2 N–H and O–H groups in total. The fourth-order valence-electron chi connectivity index (χ4n) is 4.29. The highest BCUT2D eigenvalue weighted by Gasteiger charge is 2.32. The number of halogens is 3. The van der Waals surface area contributed by atoms with Crippen LogP contribution in [0.25, 0.3) is 10.9 Å². The van der Waals surface area contributed by atoms with Crippen molar-refractivity contribution >= 4 is 16.9 Å². The average molecular weight is 410 g/mol. The number of aromatic amines is 1. The number of alkyl halides is 3. The van der Waals surface area contributed by atoms with E-state index in [0.717, 1.165) is 63.7 Å². The van der Waals surface area contributed by atoms with Gasteiger partial charge in [-0.15, -0.1) is 0 Å². The molecule has 1 aromatic heterocycles. The van der Waals surface area contributed by atoms with E-state index in [-0.39, 0.29) is 22.9 Å². The Hall–Kier alpha value is -2.09. The molecule has 1 aromatic carbocycles. The summed E-state index contributed by atoms with van der Waals surface area (Å²) in [6.45, 7) is 6.34. The second-order valence-corrected chi connectivity index (χ2v) is 7.78. The first kappa shape index (κ1) is 21.6. The van der Waals surface area contributed by atoms with E-state index in [4.69, 9.17) is 0 Å². The molecule has 0 saturated heterocycles. The standard InChI is InChI=1S/C21H29F3N4O/c1-3-11-28(12-4-2)18-8-6-5-7-16(18)25-20-26-17-13-14(21(22,23)24)9-10-15(17)19(29)27-20/h9-10,13,16,18H,3-8,11-12H2,1-2H3,(H2,25,26,27,29)/t16-,18-/m1/s1. The minimum Gasteiger partial charge on any atom is -0.351 e. The van der Waals surface area contributed by atoms with Crippen molar-refractivity contribution in [2.24, 2.45) is 0 Å². The van der Waals surface area contributed by atoms with Gasteiger partial charge in [-0.2, -0.15) is 13.2 Å². The maximum atomic E-state index is 13.0. The van der Waals surface area contributed by atoms with E-state index in [1.807, 2.05) is 0 Å². The molecule has 3 rings (SSSR count). The van der Waals surface area contributed by atoms with Crippen molar-refractivity contribution in [1.82, 2.24) is 14.9 Å². The maximum absolute atomic E-state index is 13.0. The van der Waals surface area contributed by atoms with Gasteiger partial charge in [-0.3, -0.25) is 14.7 Å². The fraction of sp³-hybridized carbons (Fsp3) is 0.619. The summed E-state index contributed by atoms with van der Waals surface area (Å²) >= 11 is 0. The number of fused-ring (bicyclic) bond motifs is 1. The SMILES string of the molecule is CCCN(CCC)[C@@H]1CCCC[C@H]1Nc1nc2cc(C(F)(F)F)ccc2c(=O)[nH]1. The van der Waals surface area contributed by atoms with Crippen molar-refractivity contribution in [1.29, 1.82) is 0 Å². The normalized spacial score (nSPS) is 20.3. The summed E-state index contributed by atoms with van der Waals surface area (Å²) in [6.07, 6.45) is 1.90. The smallest absolute Gasteiger partial charge is 0.351 e. The summed E-state index contributed by atoms with van der Waals surface area (Å²) in [5.41, 5.74) is -1.18. The summed E-state index contributed by atoms with van der Waals surface area (Å²) in [4.78, 5) is 21.9. The average Bonchev–Trinajstić information content (AvgIpc) is 2.67. The summed E-state index contributed by atoms with van der Waals surface area (Å²) in [5, 5.41) is 3.48. The molecule has 1 heterocycles. The minimum absolute atomic E-state index is 0.0532. The molecule has 0 unspecified atom stereocenters. The first-order chi connectivity index (χ1) is 13.8. The lowest BCUT2D eigenvalue weighted by Crippen LogP contribution is -2.49. The van der Waals surface area contributed by atoms with Crippen LogP contribution in [0.15, 0.2) is 23.0 Å². The van der Waals surface area contributed by atoms with Gasteiger partial charge < -0.3 is 5.32 Å². The number of aromatic nitrogens is 2. The molecule has 0 spiro atoms. The lowest BCUT2D eigenvalue weighted by Gasteiger charge is -2.40. The van der Waals surface area contributed by atoms with E-state index in [1.54, 1.807) is 0 Å². The molecule has 0 aliphatic heterocycles. The van der Waals surface area contributed by atoms with Gasteiger partial charge in [0.15, 0.2) is 0 Å². The Morgan fingerprint density at radius 3 is 2.52 bits per heavy atom. The summed E-state index contributed by atoms with van der Waals surface area (Å²) in [6, 6.07) is 3.46. The van der Waals surface area contributed by atoms with E-state index in [0.29, 0.717) is 6.04 Å². The Kier molecular flexibility index (Phi) is 6.82.